The fourth-order valence-corrected chi connectivity index (χ4v) is 4.85. The Balaban J connectivity index is 0.000000229. The van der Waals surface area contributed by atoms with Crippen LogP contribution in [0.2, 0.25) is 5.15 Å². The normalized spacial score (nSPS) is 16.6. The number of aromatic nitrogens is 2. The summed E-state index contributed by atoms with van der Waals surface area (Å²) in [6, 6.07) is 11.7. The van der Waals surface area contributed by atoms with Gasteiger partial charge in [0.25, 0.3) is 0 Å². The van der Waals surface area contributed by atoms with Crippen LogP contribution in [-0.4, -0.2) is 23.1 Å². The number of anilines is 1. The van der Waals surface area contributed by atoms with Crippen LogP contribution in [0.5, 0.6) is 0 Å². The lowest BCUT2D eigenvalue weighted by Crippen LogP contribution is -2.34. The zero-order valence-electron chi connectivity index (χ0n) is 25.4. The second kappa shape index (κ2) is 14.7. The minimum absolute atomic E-state index is 0.0197. The summed E-state index contributed by atoms with van der Waals surface area (Å²) in [4.78, 5) is 11.2. The molecule has 0 radical (unpaired) electrons. The summed E-state index contributed by atoms with van der Waals surface area (Å²) in [6.45, 7) is 19.3. The maximum absolute atomic E-state index is 9.28. The minimum Gasteiger partial charge on any atom is -0.355 e. The summed E-state index contributed by atoms with van der Waals surface area (Å²) in [7, 11) is 0. The van der Waals surface area contributed by atoms with Crippen molar-refractivity contribution in [3.63, 3.8) is 0 Å². The molecule has 212 valence electrons. The number of rotatable bonds is 1. The molecule has 0 atom stereocenters. The maximum atomic E-state index is 9.28. The van der Waals surface area contributed by atoms with Gasteiger partial charge in [-0.1, -0.05) is 99.1 Å². The Morgan fingerprint density at radius 2 is 1.18 bits per heavy atom. The van der Waals surface area contributed by atoms with Gasteiger partial charge in [0, 0.05) is 35.3 Å². The average molecular weight is 550 g/mol. The van der Waals surface area contributed by atoms with Gasteiger partial charge < -0.3 is 4.90 Å². The van der Waals surface area contributed by atoms with E-state index in [2.05, 4.69) is 71.3 Å². The first-order valence-corrected chi connectivity index (χ1v) is 14.9. The maximum Gasteiger partial charge on any atom is 0.147 e. The van der Waals surface area contributed by atoms with Crippen LogP contribution in [-0.2, 0) is 10.8 Å². The Hall–Kier alpha value is -2.63. The van der Waals surface area contributed by atoms with Crippen molar-refractivity contribution in [1.29, 1.82) is 10.5 Å². The SMILES string of the molecule is CC(C)(C)c1ccc(C#N)c(Cl)n1.CC1CCCCC1.CC1CCN(c2nc(C(C)(C)C)ccc2C#N)CC1. The predicted molar refractivity (Wildman–Crippen MR) is 163 cm³/mol. The molecule has 5 nitrogen and oxygen atoms in total. The summed E-state index contributed by atoms with van der Waals surface area (Å²) in [5.74, 6) is 2.70. The number of piperidine rings is 1. The fourth-order valence-electron chi connectivity index (χ4n) is 4.66. The minimum atomic E-state index is -0.0301. The summed E-state index contributed by atoms with van der Waals surface area (Å²) in [6.07, 6.45) is 9.81. The molecule has 0 bridgehead atoms. The quantitative estimate of drug-likeness (QED) is 0.332. The van der Waals surface area contributed by atoms with Crippen LogP contribution in [0.3, 0.4) is 0 Å². The lowest BCUT2D eigenvalue weighted by molar-refractivity contribution is 0.385. The second-order valence-corrected chi connectivity index (χ2v) is 13.6. The van der Waals surface area contributed by atoms with Crippen LogP contribution in [0.1, 0.15) is 123 Å². The largest absolute Gasteiger partial charge is 0.355 e. The molecular weight excluding hydrogens is 502 g/mol. The van der Waals surface area contributed by atoms with Crippen molar-refractivity contribution in [3.05, 3.63) is 51.9 Å². The van der Waals surface area contributed by atoms with E-state index in [9.17, 15) is 5.26 Å². The van der Waals surface area contributed by atoms with E-state index in [0.29, 0.717) is 11.1 Å². The third kappa shape index (κ3) is 10.5. The monoisotopic (exact) mass is 549 g/mol. The summed E-state index contributed by atoms with van der Waals surface area (Å²) in [5, 5.41) is 18.2. The smallest absolute Gasteiger partial charge is 0.147 e. The molecule has 0 unspecified atom stereocenters. The van der Waals surface area contributed by atoms with Crippen LogP contribution in [0.4, 0.5) is 5.82 Å². The van der Waals surface area contributed by atoms with Crippen LogP contribution in [0.25, 0.3) is 0 Å². The van der Waals surface area contributed by atoms with E-state index >= 15 is 0 Å². The standard InChI is InChI=1S/C16H23N3.C10H11ClN2.C7H14/c1-12-7-9-19(10-8-12)15-13(11-17)5-6-14(18-15)16(2,3)4;1-10(2,3)8-5-4-7(6-12)9(11)13-8;1-7-5-3-2-4-6-7/h5-6,12H,7-10H2,1-4H3;4-5H,1-3H3;7H,2-6H2,1H3. The van der Waals surface area contributed by atoms with Gasteiger partial charge in [0.2, 0.25) is 0 Å². The lowest BCUT2D eigenvalue weighted by atomic mass is 9.91. The average Bonchev–Trinajstić information content (AvgIpc) is 2.89. The van der Waals surface area contributed by atoms with Crippen molar-refractivity contribution in [2.75, 3.05) is 18.0 Å². The van der Waals surface area contributed by atoms with Crippen molar-refractivity contribution >= 4 is 17.4 Å². The molecule has 0 aromatic carbocycles. The Bertz CT molecular complexity index is 1130. The number of hydrogen-bond donors (Lipinski definition) is 0. The van der Waals surface area contributed by atoms with Gasteiger partial charge >= 0.3 is 0 Å². The van der Waals surface area contributed by atoms with Crippen molar-refractivity contribution in [3.8, 4) is 12.1 Å². The van der Waals surface area contributed by atoms with Gasteiger partial charge in [-0.25, -0.2) is 9.97 Å². The molecule has 6 heteroatoms. The van der Waals surface area contributed by atoms with Gasteiger partial charge in [-0.15, -0.1) is 0 Å². The van der Waals surface area contributed by atoms with Crippen LogP contribution >= 0.6 is 11.6 Å². The van der Waals surface area contributed by atoms with E-state index in [1.807, 2.05) is 24.3 Å². The van der Waals surface area contributed by atoms with Crippen molar-refractivity contribution in [1.82, 2.24) is 9.97 Å². The van der Waals surface area contributed by atoms with Gasteiger partial charge in [-0.2, -0.15) is 10.5 Å². The van der Waals surface area contributed by atoms with E-state index in [1.165, 1.54) is 44.9 Å². The zero-order chi connectivity index (χ0) is 29.2. The number of nitrogens with zero attached hydrogens (tertiary/aromatic N) is 5. The molecule has 2 aromatic heterocycles. The highest BCUT2D eigenvalue weighted by Crippen LogP contribution is 2.28. The fraction of sp³-hybridized carbons (Fsp3) is 0.636. The Morgan fingerprint density at radius 1 is 0.718 bits per heavy atom. The van der Waals surface area contributed by atoms with Gasteiger partial charge in [-0.3, -0.25) is 0 Å². The second-order valence-electron chi connectivity index (χ2n) is 13.2. The molecule has 1 aliphatic heterocycles. The van der Waals surface area contributed by atoms with Crippen molar-refractivity contribution < 1.29 is 0 Å². The number of hydrogen-bond acceptors (Lipinski definition) is 5. The predicted octanol–water partition coefficient (Wildman–Crippen LogP) is 8.98. The van der Waals surface area contributed by atoms with E-state index in [-0.39, 0.29) is 16.0 Å². The first-order chi connectivity index (χ1) is 18.3. The Labute approximate surface area is 242 Å². The van der Waals surface area contributed by atoms with Gasteiger partial charge in [-0.05, 0) is 48.9 Å². The van der Waals surface area contributed by atoms with E-state index in [1.54, 1.807) is 6.07 Å². The molecule has 1 aliphatic carbocycles. The Morgan fingerprint density at radius 3 is 1.59 bits per heavy atom. The molecule has 0 amide bonds. The highest BCUT2D eigenvalue weighted by atomic mass is 35.5. The molecule has 2 aromatic rings. The molecule has 2 aliphatic rings. The van der Waals surface area contributed by atoms with Crippen LogP contribution in [0.15, 0.2) is 24.3 Å². The van der Waals surface area contributed by atoms with Crippen LogP contribution in [0, 0.1) is 34.5 Å². The molecule has 1 saturated carbocycles. The molecule has 1 saturated heterocycles. The first kappa shape index (κ1) is 32.6. The van der Waals surface area contributed by atoms with Gasteiger partial charge in [0.15, 0.2) is 0 Å². The molecule has 4 rings (SSSR count). The highest BCUT2D eigenvalue weighted by Gasteiger charge is 2.23. The topological polar surface area (TPSA) is 76.6 Å². The van der Waals surface area contributed by atoms with Gasteiger partial charge in [0.05, 0.1) is 11.1 Å². The lowest BCUT2D eigenvalue weighted by Gasteiger charge is -2.32. The third-order valence-corrected chi connectivity index (χ3v) is 7.77. The van der Waals surface area contributed by atoms with Crippen molar-refractivity contribution in [2.24, 2.45) is 11.8 Å². The molecule has 39 heavy (non-hydrogen) atoms. The number of nitriles is 2. The summed E-state index contributed by atoms with van der Waals surface area (Å²) in [5.41, 5.74) is 3.07. The highest BCUT2D eigenvalue weighted by molar-refractivity contribution is 6.30. The molecular formula is C33H48ClN5. The number of halogens is 1. The molecule has 0 N–H and O–H groups in total. The van der Waals surface area contributed by atoms with Crippen molar-refractivity contribution in [2.45, 2.75) is 111 Å². The zero-order valence-corrected chi connectivity index (χ0v) is 26.2. The first-order valence-electron chi connectivity index (χ1n) is 14.5. The molecule has 3 heterocycles. The Kier molecular flexibility index (Phi) is 12.3. The number of pyridine rings is 2. The third-order valence-electron chi connectivity index (χ3n) is 7.48. The summed E-state index contributed by atoms with van der Waals surface area (Å²) < 4.78 is 0. The molecule has 2 fully saturated rings. The molecule has 0 spiro atoms. The van der Waals surface area contributed by atoms with Gasteiger partial charge in [0.1, 0.15) is 23.1 Å². The van der Waals surface area contributed by atoms with E-state index in [4.69, 9.17) is 21.8 Å². The van der Waals surface area contributed by atoms with E-state index < -0.39 is 0 Å². The van der Waals surface area contributed by atoms with Crippen LogP contribution < -0.4 is 4.90 Å². The summed E-state index contributed by atoms with van der Waals surface area (Å²) >= 11 is 5.80. The van der Waals surface area contributed by atoms with E-state index in [0.717, 1.165) is 42.1 Å².